The topological polar surface area (TPSA) is 61.8 Å². The summed E-state index contributed by atoms with van der Waals surface area (Å²) in [6.07, 6.45) is 5.55. The largest absolute Gasteiger partial charge is 0.435 e. The Morgan fingerprint density at radius 2 is 1.93 bits per heavy atom. The Bertz CT molecular complexity index is 693. The van der Waals surface area contributed by atoms with E-state index in [1.165, 1.54) is 38.2 Å². The first-order chi connectivity index (χ1) is 12.6. The van der Waals surface area contributed by atoms with Crippen molar-refractivity contribution in [2.45, 2.75) is 85.7 Å². The maximum Gasteiger partial charge on any atom is 0.336 e. The smallest absolute Gasteiger partial charge is 0.336 e. The van der Waals surface area contributed by atoms with Crippen LogP contribution >= 0.6 is 0 Å². The summed E-state index contributed by atoms with van der Waals surface area (Å²) in [7, 11) is 0. The fraction of sp³-hybridized carbons (Fsp3) is 0.818. The first-order valence-electron chi connectivity index (χ1n) is 10.4. The minimum atomic E-state index is -0.609. The van der Waals surface area contributed by atoms with Gasteiger partial charge in [0.25, 0.3) is 0 Å². The lowest BCUT2D eigenvalue weighted by molar-refractivity contribution is -0.208. The van der Waals surface area contributed by atoms with Crippen molar-refractivity contribution >= 4 is 11.9 Å². The Kier molecular flexibility index (Phi) is 4.45. The van der Waals surface area contributed by atoms with E-state index in [2.05, 4.69) is 27.7 Å². The Morgan fingerprint density at radius 1 is 1.19 bits per heavy atom. The van der Waals surface area contributed by atoms with E-state index in [-0.39, 0.29) is 29.2 Å². The van der Waals surface area contributed by atoms with Crippen molar-refractivity contribution < 1.29 is 23.8 Å². The van der Waals surface area contributed by atoms with E-state index in [1.54, 1.807) is 0 Å². The highest BCUT2D eigenvalue weighted by Crippen LogP contribution is 2.58. The minimum Gasteiger partial charge on any atom is -0.435 e. The minimum absolute atomic E-state index is 0.000464. The predicted molar refractivity (Wildman–Crippen MR) is 99.3 cm³/mol. The molecule has 0 radical (unpaired) electrons. The zero-order chi connectivity index (χ0) is 19.6. The Balaban J connectivity index is 1.69. The molecule has 4 rings (SSSR count). The highest BCUT2D eigenvalue weighted by Gasteiger charge is 2.58. The lowest BCUT2D eigenvalue weighted by Crippen LogP contribution is -2.37. The summed E-state index contributed by atoms with van der Waals surface area (Å²) in [5.41, 5.74) is 2.50. The van der Waals surface area contributed by atoms with Gasteiger partial charge in [0.2, 0.25) is 12.6 Å². The van der Waals surface area contributed by atoms with Crippen LogP contribution in [0.25, 0.3) is 0 Å². The molecule has 0 bridgehead atoms. The number of ether oxygens (including phenoxy) is 3. The fourth-order valence-electron chi connectivity index (χ4n) is 6.64. The average molecular weight is 376 g/mol. The number of esters is 2. The molecule has 0 aromatic rings. The van der Waals surface area contributed by atoms with Gasteiger partial charge in [-0.3, -0.25) is 4.79 Å². The van der Waals surface area contributed by atoms with Crippen molar-refractivity contribution in [1.82, 2.24) is 0 Å². The van der Waals surface area contributed by atoms with E-state index >= 15 is 0 Å². The SMILES string of the molecule is CC(=O)O[C@@H]1O[C@H]2OC(=O)C3=C(C)C([C@@]4(C)CCCC(C)(C)C4)CC[C@@H]1[C@H]32. The van der Waals surface area contributed by atoms with Crippen LogP contribution in [0.2, 0.25) is 0 Å². The van der Waals surface area contributed by atoms with Crippen LogP contribution in [-0.2, 0) is 23.8 Å². The van der Waals surface area contributed by atoms with Gasteiger partial charge < -0.3 is 14.2 Å². The summed E-state index contributed by atoms with van der Waals surface area (Å²) >= 11 is 0. The molecule has 4 aliphatic rings. The zero-order valence-corrected chi connectivity index (χ0v) is 17.2. The second-order valence-corrected chi connectivity index (χ2v) is 10.2. The van der Waals surface area contributed by atoms with Crippen LogP contribution in [0.5, 0.6) is 0 Å². The quantitative estimate of drug-likeness (QED) is 0.670. The van der Waals surface area contributed by atoms with Crippen LogP contribution in [-0.4, -0.2) is 24.5 Å². The maximum atomic E-state index is 12.7. The molecule has 150 valence electrons. The first kappa shape index (κ1) is 19.0. The third kappa shape index (κ3) is 3.12. The van der Waals surface area contributed by atoms with E-state index in [0.29, 0.717) is 11.3 Å². The Labute approximate surface area is 161 Å². The summed E-state index contributed by atoms with van der Waals surface area (Å²) in [6, 6.07) is 0. The van der Waals surface area contributed by atoms with Gasteiger partial charge in [-0.05, 0) is 55.8 Å². The fourth-order valence-corrected chi connectivity index (χ4v) is 6.64. The summed E-state index contributed by atoms with van der Waals surface area (Å²) in [4.78, 5) is 24.2. The number of allylic oxidation sites excluding steroid dienone is 1. The molecular formula is C22H32O5. The molecule has 0 aromatic carbocycles. The van der Waals surface area contributed by atoms with Gasteiger partial charge in [-0.25, -0.2) is 4.79 Å². The summed E-state index contributed by atoms with van der Waals surface area (Å²) in [5, 5.41) is 0. The number of hydrogen-bond acceptors (Lipinski definition) is 5. The monoisotopic (exact) mass is 376 g/mol. The number of hydrogen-bond donors (Lipinski definition) is 0. The van der Waals surface area contributed by atoms with E-state index in [0.717, 1.165) is 18.4 Å². The van der Waals surface area contributed by atoms with Gasteiger partial charge in [-0.1, -0.05) is 32.8 Å². The van der Waals surface area contributed by atoms with E-state index in [9.17, 15) is 9.59 Å². The molecule has 3 fully saturated rings. The average Bonchev–Trinajstić information content (AvgIpc) is 2.93. The number of carbonyl (C=O) groups is 2. The molecule has 0 N–H and O–H groups in total. The summed E-state index contributed by atoms with van der Waals surface area (Å²) < 4.78 is 16.8. The van der Waals surface area contributed by atoms with Crippen LogP contribution in [0.15, 0.2) is 11.1 Å². The molecule has 1 saturated carbocycles. The summed E-state index contributed by atoms with van der Waals surface area (Å²) in [6.45, 7) is 10.7. The van der Waals surface area contributed by atoms with Crippen molar-refractivity contribution in [3.8, 4) is 0 Å². The Morgan fingerprint density at radius 3 is 2.59 bits per heavy atom. The van der Waals surface area contributed by atoms with Gasteiger partial charge in [-0.2, -0.15) is 0 Å². The van der Waals surface area contributed by atoms with Crippen LogP contribution in [0.3, 0.4) is 0 Å². The molecule has 2 aliphatic carbocycles. The number of rotatable bonds is 2. The molecule has 2 aliphatic heterocycles. The molecule has 5 heteroatoms. The van der Waals surface area contributed by atoms with Gasteiger partial charge in [-0.15, -0.1) is 0 Å². The second kappa shape index (κ2) is 6.33. The van der Waals surface area contributed by atoms with Gasteiger partial charge in [0.05, 0.1) is 5.92 Å². The van der Waals surface area contributed by atoms with Gasteiger partial charge in [0.1, 0.15) is 0 Å². The first-order valence-corrected chi connectivity index (χ1v) is 10.4. The molecule has 6 atom stereocenters. The van der Waals surface area contributed by atoms with E-state index in [1.807, 2.05) is 0 Å². The van der Waals surface area contributed by atoms with Crippen LogP contribution in [0.1, 0.15) is 73.1 Å². The van der Waals surface area contributed by atoms with Crippen molar-refractivity contribution in [3.63, 3.8) is 0 Å². The van der Waals surface area contributed by atoms with Crippen molar-refractivity contribution in [2.75, 3.05) is 0 Å². The highest BCUT2D eigenvalue weighted by atomic mass is 16.8. The Hall–Kier alpha value is -1.36. The summed E-state index contributed by atoms with van der Waals surface area (Å²) in [5.74, 6) is -0.329. The molecule has 2 saturated heterocycles. The van der Waals surface area contributed by atoms with Crippen molar-refractivity contribution in [1.29, 1.82) is 0 Å². The normalized spacial score (nSPS) is 43.1. The standard InChI is InChI=1S/C22H32O5/c1-12-15(22(5)10-6-9-21(3,4)11-22)8-7-14-17-16(12)18(24)26-20(17)27-19(14)25-13(2)23/h14-15,17,19-20H,6-11H2,1-5H3/t14-,15?,17-,19-,20-,22+/m1/s1. The molecule has 5 nitrogen and oxygen atoms in total. The molecular weight excluding hydrogens is 344 g/mol. The highest BCUT2D eigenvalue weighted by molar-refractivity contribution is 5.92. The maximum absolute atomic E-state index is 12.7. The third-order valence-electron chi connectivity index (χ3n) is 7.49. The van der Waals surface area contributed by atoms with Crippen LogP contribution in [0.4, 0.5) is 0 Å². The van der Waals surface area contributed by atoms with Crippen molar-refractivity contribution in [3.05, 3.63) is 11.1 Å². The van der Waals surface area contributed by atoms with Crippen LogP contribution in [0, 0.1) is 28.6 Å². The molecule has 0 aromatic heterocycles. The van der Waals surface area contributed by atoms with Crippen LogP contribution < -0.4 is 0 Å². The molecule has 0 amide bonds. The molecule has 27 heavy (non-hydrogen) atoms. The molecule has 0 spiro atoms. The van der Waals surface area contributed by atoms with E-state index < -0.39 is 12.6 Å². The lowest BCUT2D eigenvalue weighted by atomic mass is 9.57. The van der Waals surface area contributed by atoms with Gasteiger partial charge in [0.15, 0.2) is 0 Å². The second-order valence-electron chi connectivity index (χ2n) is 10.2. The van der Waals surface area contributed by atoms with Gasteiger partial charge in [0, 0.05) is 18.4 Å². The molecule has 1 unspecified atom stereocenters. The molecule has 2 heterocycles. The lowest BCUT2D eigenvalue weighted by Gasteiger charge is -2.48. The third-order valence-corrected chi connectivity index (χ3v) is 7.49. The number of carbonyl (C=O) groups excluding carboxylic acids is 2. The predicted octanol–water partition coefficient (Wildman–Crippen LogP) is 4.35. The van der Waals surface area contributed by atoms with Gasteiger partial charge >= 0.3 is 11.9 Å². The van der Waals surface area contributed by atoms with Crippen molar-refractivity contribution in [2.24, 2.45) is 28.6 Å². The zero-order valence-electron chi connectivity index (χ0n) is 17.2. The van der Waals surface area contributed by atoms with E-state index in [4.69, 9.17) is 14.2 Å².